The monoisotopic (exact) mass is 626 g/mol. The van der Waals surface area contributed by atoms with Crippen LogP contribution in [-0.4, -0.2) is 49.3 Å². The van der Waals surface area contributed by atoms with Gasteiger partial charge >= 0.3 is 23.9 Å². The highest BCUT2D eigenvalue weighted by Crippen LogP contribution is 2.16. The highest BCUT2D eigenvalue weighted by atomic mass is 16.6. The Balaban J connectivity index is 5.49. The summed E-state index contributed by atoms with van der Waals surface area (Å²) in [6, 6.07) is 0. The van der Waals surface area contributed by atoms with Gasteiger partial charge in [0.25, 0.3) is 0 Å². The second-order valence-electron chi connectivity index (χ2n) is 14.0. The lowest BCUT2D eigenvalue weighted by molar-refractivity contribution is -0.183. The van der Waals surface area contributed by atoms with Crippen molar-refractivity contribution in [1.29, 1.82) is 0 Å². The average Bonchev–Trinajstić information content (AvgIpc) is 2.93. The molecular formula is C36H66O8. The molecule has 0 aliphatic rings. The number of esters is 4. The van der Waals surface area contributed by atoms with Crippen LogP contribution in [0.25, 0.3) is 0 Å². The molecule has 0 unspecified atom stereocenters. The smallest absolute Gasteiger partial charge is 0.306 e. The van der Waals surface area contributed by atoms with E-state index in [0.29, 0.717) is 49.4 Å². The molecule has 0 saturated carbocycles. The third kappa shape index (κ3) is 26.3. The van der Waals surface area contributed by atoms with Crippen molar-refractivity contribution in [3.05, 3.63) is 0 Å². The summed E-state index contributed by atoms with van der Waals surface area (Å²) in [4.78, 5) is 50.7. The van der Waals surface area contributed by atoms with Crippen LogP contribution in [0.2, 0.25) is 0 Å². The Morgan fingerprint density at radius 2 is 0.636 bits per heavy atom. The molecule has 0 N–H and O–H groups in total. The molecule has 8 nitrogen and oxygen atoms in total. The molecule has 0 fully saturated rings. The molecule has 258 valence electrons. The van der Waals surface area contributed by atoms with Crippen LogP contribution < -0.4 is 0 Å². The highest BCUT2D eigenvalue weighted by Gasteiger charge is 2.32. The van der Waals surface area contributed by atoms with E-state index in [2.05, 4.69) is 55.4 Å². The van der Waals surface area contributed by atoms with E-state index in [1.54, 1.807) is 0 Å². The van der Waals surface area contributed by atoms with Gasteiger partial charge in [-0.1, -0.05) is 107 Å². The van der Waals surface area contributed by atoms with Crippen LogP contribution in [0.3, 0.4) is 0 Å². The Bertz CT molecular complexity index is 710. The van der Waals surface area contributed by atoms with Gasteiger partial charge in [-0.2, -0.15) is 0 Å². The zero-order chi connectivity index (χ0) is 33.3. The van der Waals surface area contributed by atoms with Crippen molar-refractivity contribution in [3.8, 4) is 0 Å². The van der Waals surface area contributed by atoms with Gasteiger partial charge in [0.1, 0.15) is 13.2 Å². The molecule has 0 saturated heterocycles. The Morgan fingerprint density at radius 3 is 0.886 bits per heavy atom. The minimum absolute atomic E-state index is 0.206. The van der Waals surface area contributed by atoms with Crippen molar-refractivity contribution < 1.29 is 38.1 Å². The Hall–Kier alpha value is -2.12. The molecule has 0 amide bonds. The summed E-state index contributed by atoms with van der Waals surface area (Å²) in [7, 11) is 0. The third-order valence-corrected chi connectivity index (χ3v) is 7.45. The van der Waals surface area contributed by atoms with E-state index in [9.17, 15) is 19.2 Å². The summed E-state index contributed by atoms with van der Waals surface area (Å²) < 4.78 is 22.6. The number of ether oxygens (including phenoxy) is 4. The Labute approximate surface area is 269 Å². The van der Waals surface area contributed by atoms with Crippen LogP contribution in [-0.2, 0) is 38.1 Å². The van der Waals surface area contributed by atoms with E-state index in [-0.39, 0.29) is 38.9 Å². The molecule has 0 radical (unpaired) electrons. The first kappa shape index (κ1) is 41.9. The molecule has 8 heteroatoms. The lowest BCUT2D eigenvalue weighted by Crippen LogP contribution is -2.42. The number of hydrogen-bond donors (Lipinski definition) is 0. The minimum atomic E-state index is -1.07. The van der Waals surface area contributed by atoms with Crippen molar-refractivity contribution in [2.45, 2.75) is 170 Å². The number of hydrogen-bond acceptors (Lipinski definition) is 8. The van der Waals surface area contributed by atoms with Crippen molar-refractivity contribution in [3.63, 3.8) is 0 Å². The van der Waals surface area contributed by atoms with E-state index in [1.807, 2.05) is 0 Å². The van der Waals surface area contributed by atoms with Crippen LogP contribution in [0, 0.1) is 23.7 Å². The van der Waals surface area contributed by atoms with Gasteiger partial charge in [-0.25, -0.2) is 0 Å². The summed E-state index contributed by atoms with van der Waals surface area (Å²) in [6.07, 6.45) is 9.27. The van der Waals surface area contributed by atoms with Gasteiger partial charge in [0.2, 0.25) is 0 Å². The second-order valence-corrected chi connectivity index (χ2v) is 14.0. The normalized spacial score (nSPS) is 12.9. The average molecular weight is 627 g/mol. The fourth-order valence-electron chi connectivity index (χ4n) is 4.67. The van der Waals surface area contributed by atoms with Gasteiger partial charge in [0.05, 0.1) is 0 Å². The fourth-order valence-corrected chi connectivity index (χ4v) is 4.67. The van der Waals surface area contributed by atoms with Crippen LogP contribution in [0.5, 0.6) is 0 Å². The lowest BCUT2D eigenvalue weighted by atomic mass is 10.1. The molecule has 44 heavy (non-hydrogen) atoms. The van der Waals surface area contributed by atoms with Gasteiger partial charge in [-0.15, -0.1) is 0 Å². The number of unbranched alkanes of at least 4 members (excludes halogenated alkanes) is 4. The van der Waals surface area contributed by atoms with E-state index in [0.717, 1.165) is 51.4 Å². The first-order valence-corrected chi connectivity index (χ1v) is 17.5. The first-order chi connectivity index (χ1) is 20.8. The third-order valence-electron chi connectivity index (χ3n) is 7.45. The van der Waals surface area contributed by atoms with Crippen LogP contribution in [0.1, 0.15) is 158 Å². The van der Waals surface area contributed by atoms with Gasteiger partial charge in [-0.3, -0.25) is 19.2 Å². The first-order valence-electron chi connectivity index (χ1n) is 17.5. The predicted octanol–water partition coefficient (Wildman–Crippen LogP) is 8.76. The van der Waals surface area contributed by atoms with E-state index in [1.165, 1.54) is 0 Å². The molecule has 0 aromatic heterocycles. The summed E-state index contributed by atoms with van der Waals surface area (Å²) in [5.41, 5.74) is 0. The van der Waals surface area contributed by atoms with Crippen molar-refractivity contribution in [1.82, 2.24) is 0 Å². The maximum absolute atomic E-state index is 12.8. The standard InChI is InChI=1S/C36H66O8/c1-27(2)17-9-13-21-33(37)41-25-31(43-35(39)23-15-11-19-29(5)6)32(44-36(40)24-16-12-20-30(7)8)26-42-34(38)22-14-10-18-28(3)4/h27-32H,9-26H2,1-8H3/t31-,32+. The maximum Gasteiger partial charge on any atom is 0.306 e. The van der Waals surface area contributed by atoms with Gasteiger partial charge in [-0.05, 0) is 49.4 Å². The molecule has 0 spiro atoms. The summed E-state index contributed by atoms with van der Waals surface area (Å²) >= 11 is 0. The molecule has 0 aromatic rings. The van der Waals surface area contributed by atoms with E-state index in [4.69, 9.17) is 18.9 Å². The molecule has 0 rings (SSSR count). The fraction of sp³-hybridized carbons (Fsp3) is 0.889. The Morgan fingerprint density at radius 1 is 0.386 bits per heavy atom. The molecule has 0 heterocycles. The van der Waals surface area contributed by atoms with E-state index >= 15 is 0 Å². The van der Waals surface area contributed by atoms with Crippen LogP contribution in [0.4, 0.5) is 0 Å². The molecule has 0 aromatic carbocycles. The summed E-state index contributed by atoms with van der Waals surface area (Å²) in [5.74, 6) is 0.518. The van der Waals surface area contributed by atoms with Crippen LogP contribution in [0.15, 0.2) is 0 Å². The Kier molecular flexibility index (Phi) is 24.9. The maximum atomic E-state index is 12.8. The molecule has 0 bridgehead atoms. The number of carbonyl (C=O) groups is 4. The SMILES string of the molecule is CC(C)CCCCC(=O)OC[C@H](OC(=O)CCCCC(C)C)[C@@H](COC(=O)CCCCC(C)C)OC(=O)CCCCC(C)C. The zero-order valence-corrected chi connectivity index (χ0v) is 29.5. The quantitative estimate of drug-likeness (QED) is 0.0506. The summed E-state index contributed by atoms with van der Waals surface area (Å²) in [6.45, 7) is 16.6. The van der Waals surface area contributed by atoms with Crippen molar-refractivity contribution in [2.75, 3.05) is 13.2 Å². The predicted molar refractivity (Wildman–Crippen MR) is 175 cm³/mol. The molecule has 0 aliphatic heterocycles. The molecule has 0 aliphatic carbocycles. The largest absolute Gasteiger partial charge is 0.462 e. The van der Waals surface area contributed by atoms with Gasteiger partial charge < -0.3 is 18.9 Å². The number of rotatable bonds is 27. The topological polar surface area (TPSA) is 105 Å². The van der Waals surface area contributed by atoms with Crippen molar-refractivity contribution >= 4 is 23.9 Å². The van der Waals surface area contributed by atoms with Crippen LogP contribution >= 0.6 is 0 Å². The number of carbonyl (C=O) groups excluding carboxylic acids is 4. The highest BCUT2D eigenvalue weighted by molar-refractivity contribution is 5.72. The second kappa shape index (κ2) is 26.1. The lowest BCUT2D eigenvalue weighted by Gasteiger charge is -2.27. The molecular weight excluding hydrogens is 560 g/mol. The van der Waals surface area contributed by atoms with Gasteiger partial charge in [0, 0.05) is 25.7 Å². The minimum Gasteiger partial charge on any atom is -0.462 e. The van der Waals surface area contributed by atoms with Crippen molar-refractivity contribution in [2.24, 2.45) is 23.7 Å². The zero-order valence-electron chi connectivity index (χ0n) is 29.5. The summed E-state index contributed by atoms with van der Waals surface area (Å²) in [5, 5.41) is 0. The van der Waals surface area contributed by atoms with E-state index < -0.39 is 36.1 Å². The van der Waals surface area contributed by atoms with Gasteiger partial charge in [0.15, 0.2) is 12.2 Å². The molecule has 2 atom stereocenters.